The van der Waals surface area contributed by atoms with Crippen LogP contribution in [0, 0.1) is 0 Å². The minimum atomic E-state index is -0.355. The Hall–Kier alpha value is -2.52. The van der Waals surface area contributed by atoms with Crippen LogP contribution < -0.4 is 5.32 Å². The van der Waals surface area contributed by atoms with Gasteiger partial charge in [0.2, 0.25) is 0 Å². The lowest BCUT2D eigenvalue weighted by Gasteiger charge is -2.10. The number of carbonyl (C=O) groups excluding carboxylic acids is 1. The van der Waals surface area contributed by atoms with E-state index in [9.17, 15) is 9.90 Å². The van der Waals surface area contributed by atoms with Gasteiger partial charge in [-0.05, 0) is 41.1 Å². The fraction of sp³-hybridized carbons (Fsp3) is 0. The summed E-state index contributed by atoms with van der Waals surface area (Å²) in [6.07, 6.45) is 0. The average Bonchev–Trinajstić information content (AvgIpc) is 2.49. The number of anilines is 1. The molecule has 1 amide bonds. The smallest absolute Gasteiger partial charge is 0.260 e. The van der Waals surface area contributed by atoms with Crippen molar-refractivity contribution in [1.29, 1.82) is 0 Å². The molecule has 2 N–H and O–H groups in total. The summed E-state index contributed by atoms with van der Waals surface area (Å²) in [6, 6.07) is 17.6. The van der Waals surface area contributed by atoms with Crippen molar-refractivity contribution in [3.05, 3.63) is 71.2 Å². The summed E-state index contributed by atoms with van der Waals surface area (Å²) in [4.78, 5) is 12.4. The van der Waals surface area contributed by atoms with Crippen LogP contribution in [0.5, 0.6) is 5.75 Å². The van der Waals surface area contributed by atoms with Crippen molar-refractivity contribution in [3.8, 4) is 5.75 Å². The molecule has 4 heteroatoms. The molecular weight excluding hydrogens is 286 g/mol. The lowest BCUT2D eigenvalue weighted by Crippen LogP contribution is -2.12. The van der Waals surface area contributed by atoms with Crippen molar-refractivity contribution < 1.29 is 9.90 Å². The maximum absolute atomic E-state index is 12.4. The van der Waals surface area contributed by atoms with Crippen molar-refractivity contribution in [3.63, 3.8) is 0 Å². The maximum atomic E-state index is 12.4. The summed E-state index contributed by atoms with van der Waals surface area (Å²) in [6.45, 7) is 0. The van der Waals surface area contributed by atoms with E-state index in [2.05, 4.69) is 5.32 Å². The molecule has 0 spiro atoms. The first kappa shape index (κ1) is 13.5. The van der Waals surface area contributed by atoms with E-state index >= 15 is 0 Å². The van der Waals surface area contributed by atoms with Crippen LogP contribution in [0.4, 0.5) is 5.69 Å². The van der Waals surface area contributed by atoms with Gasteiger partial charge in [0.05, 0.1) is 5.56 Å². The number of halogens is 1. The quantitative estimate of drug-likeness (QED) is 0.734. The Balaban J connectivity index is 2.01. The van der Waals surface area contributed by atoms with Gasteiger partial charge >= 0.3 is 0 Å². The predicted molar refractivity (Wildman–Crippen MR) is 85.0 cm³/mol. The van der Waals surface area contributed by atoms with E-state index in [-0.39, 0.29) is 17.2 Å². The lowest BCUT2D eigenvalue weighted by atomic mass is 10.0. The molecule has 3 aromatic rings. The van der Waals surface area contributed by atoms with Gasteiger partial charge in [0.1, 0.15) is 5.75 Å². The highest BCUT2D eigenvalue weighted by Gasteiger charge is 2.15. The van der Waals surface area contributed by atoms with Gasteiger partial charge in [0.25, 0.3) is 5.91 Å². The summed E-state index contributed by atoms with van der Waals surface area (Å²) in [7, 11) is 0. The van der Waals surface area contributed by atoms with Crippen molar-refractivity contribution in [2.45, 2.75) is 0 Å². The van der Waals surface area contributed by atoms with Crippen molar-refractivity contribution in [2.75, 3.05) is 5.32 Å². The molecule has 0 aliphatic carbocycles. The van der Waals surface area contributed by atoms with Crippen LogP contribution in [0.1, 0.15) is 10.4 Å². The standard InChI is InChI=1S/C17H12ClNO2/c18-12-6-8-13(9-7-12)19-17(21)16-14-4-2-1-3-11(14)5-10-15(16)20/h1-10,20H,(H,19,21). The fourth-order valence-corrected chi connectivity index (χ4v) is 2.35. The number of hydrogen-bond acceptors (Lipinski definition) is 2. The van der Waals surface area contributed by atoms with Crippen LogP contribution in [-0.4, -0.2) is 11.0 Å². The Kier molecular flexibility index (Phi) is 3.50. The van der Waals surface area contributed by atoms with Gasteiger partial charge in [0.15, 0.2) is 0 Å². The average molecular weight is 298 g/mol. The van der Waals surface area contributed by atoms with E-state index in [4.69, 9.17) is 11.6 Å². The molecule has 0 saturated carbocycles. The van der Waals surface area contributed by atoms with Crippen molar-refractivity contribution in [2.24, 2.45) is 0 Å². The number of phenols is 1. The topological polar surface area (TPSA) is 49.3 Å². The van der Waals surface area contributed by atoms with Crippen molar-refractivity contribution >= 4 is 34.0 Å². The third kappa shape index (κ3) is 2.69. The zero-order chi connectivity index (χ0) is 14.8. The SMILES string of the molecule is O=C(Nc1ccc(Cl)cc1)c1c(O)ccc2ccccc12. The van der Waals surface area contributed by atoms with Crippen molar-refractivity contribution in [1.82, 2.24) is 0 Å². The highest BCUT2D eigenvalue weighted by atomic mass is 35.5. The number of aromatic hydroxyl groups is 1. The Morgan fingerprint density at radius 1 is 0.952 bits per heavy atom. The largest absolute Gasteiger partial charge is 0.507 e. The van der Waals surface area contributed by atoms with Crippen LogP contribution in [0.25, 0.3) is 10.8 Å². The molecule has 3 rings (SSSR count). The lowest BCUT2D eigenvalue weighted by molar-refractivity contribution is 0.102. The second-order valence-corrected chi connectivity index (χ2v) is 5.08. The minimum Gasteiger partial charge on any atom is -0.507 e. The molecule has 0 bridgehead atoms. The molecule has 0 radical (unpaired) electrons. The molecule has 0 saturated heterocycles. The number of amides is 1. The summed E-state index contributed by atoms with van der Waals surface area (Å²) < 4.78 is 0. The van der Waals surface area contributed by atoms with Gasteiger partial charge < -0.3 is 10.4 Å². The van der Waals surface area contributed by atoms with Gasteiger partial charge in [-0.25, -0.2) is 0 Å². The predicted octanol–water partition coefficient (Wildman–Crippen LogP) is 4.45. The van der Waals surface area contributed by atoms with Gasteiger partial charge in [-0.2, -0.15) is 0 Å². The number of phenolic OH excluding ortho intramolecular Hbond substituents is 1. The molecule has 0 heterocycles. The molecule has 0 aliphatic rings. The first-order valence-corrected chi connectivity index (χ1v) is 6.80. The third-order valence-electron chi connectivity index (χ3n) is 3.24. The summed E-state index contributed by atoms with van der Waals surface area (Å²) in [5.74, 6) is -0.396. The van der Waals surface area contributed by atoms with Gasteiger partial charge in [-0.15, -0.1) is 0 Å². The van der Waals surface area contributed by atoms with Gasteiger partial charge in [0, 0.05) is 10.7 Å². The highest BCUT2D eigenvalue weighted by Crippen LogP contribution is 2.28. The molecule has 21 heavy (non-hydrogen) atoms. The Bertz CT molecular complexity index is 813. The summed E-state index contributed by atoms with van der Waals surface area (Å²) in [5.41, 5.74) is 0.889. The van der Waals surface area contributed by atoms with E-state index < -0.39 is 0 Å². The first-order chi connectivity index (χ1) is 10.1. The molecule has 0 fully saturated rings. The highest BCUT2D eigenvalue weighted by molar-refractivity contribution is 6.30. The second-order valence-electron chi connectivity index (χ2n) is 4.64. The van der Waals surface area contributed by atoms with Crippen LogP contribution >= 0.6 is 11.6 Å². The third-order valence-corrected chi connectivity index (χ3v) is 3.49. The van der Waals surface area contributed by atoms with E-state index in [1.54, 1.807) is 30.3 Å². The van der Waals surface area contributed by atoms with Crippen LogP contribution in [0.3, 0.4) is 0 Å². The second kappa shape index (κ2) is 5.46. The Morgan fingerprint density at radius 2 is 1.67 bits per heavy atom. The van der Waals surface area contributed by atoms with Gasteiger partial charge in [-0.1, -0.05) is 41.9 Å². The first-order valence-electron chi connectivity index (χ1n) is 6.43. The van der Waals surface area contributed by atoms with Crippen LogP contribution in [0.2, 0.25) is 5.02 Å². The van der Waals surface area contributed by atoms with Gasteiger partial charge in [-0.3, -0.25) is 4.79 Å². The molecular formula is C17H12ClNO2. The zero-order valence-electron chi connectivity index (χ0n) is 11.0. The zero-order valence-corrected chi connectivity index (χ0v) is 11.8. The normalized spacial score (nSPS) is 10.5. The van der Waals surface area contributed by atoms with Crippen LogP contribution in [0.15, 0.2) is 60.7 Å². The molecule has 0 aliphatic heterocycles. The summed E-state index contributed by atoms with van der Waals surface area (Å²) >= 11 is 5.82. The summed E-state index contributed by atoms with van der Waals surface area (Å²) in [5, 5.41) is 15.0. The molecule has 0 aromatic heterocycles. The van der Waals surface area contributed by atoms with E-state index in [0.717, 1.165) is 5.39 Å². The Morgan fingerprint density at radius 3 is 2.43 bits per heavy atom. The van der Waals surface area contributed by atoms with Crippen LogP contribution in [-0.2, 0) is 0 Å². The number of hydrogen-bond donors (Lipinski definition) is 2. The van der Waals surface area contributed by atoms with E-state index in [0.29, 0.717) is 16.1 Å². The number of rotatable bonds is 2. The van der Waals surface area contributed by atoms with E-state index in [1.807, 2.05) is 24.3 Å². The Labute approximate surface area is 126 Å². The minimum absolute atomic E-state index is 0.0415. The maximum Gasteiger partial charge on any atom is 0.260 e. The molecule has 0 atom stereocenters. The number of carbonyl (C=O) groups is 1. The molecule has 3 nitrogen and oxygen atoms in total. The molecule has 3 aromatic carbocycles. The molecule has 0 unspecified atom stereocenters. The monoisotopic (exact) mass is 297 g/mol. The number of benzene rings is 3. The number of nitrogens with one attached hydrogen (secondary N) is 1. The number of fused-ring (bicyclic) bond motifs is 1. The van der Waals surface area contributed by atoms with E-state index in [1.165, 1.54) is 6.07 Å². The molecule has 104 valence electrons. The fourth-order valence-electron chi connectivity index (χ4n) is 2.23.